The van der Waals surface area contributed by atoms with Crippen molar-refractivity contribution in [1.29, 1.82) is 0 Å². The highest BCUT2D eigenvalue weighted by Gasteiger charge is 2.24. The summed E-state index contributed by atoms with van der Waals surface area (Å²) in [5, 5.41) is 0.342. The summed E-state index contributed by atoms with van der Waals surface area (Å²) in [7, 11) is 1.66. The maximum Gasteiger partial charge on any atom is 0.255 e. The molecule has 2 aliphatic rings. The maximum atomic E-state index is 12.9. The number of hydrogen-bond donors (Lipinski definition) is 0. The minimum absolute atomic E-state index is 0.0351. The van der Waals surface area contributed by atoms with E-state index < -0.39 is 0 Å². The lowest BCUT2D eigenvalue weighted by atomic mass is 9.99. The van der Waals surface area contributed by atoms with Gasteiger partial charge in [0.25, 0.3) is 5.91 Å². The van der Waals surface area contributed by atoms with Crippen molar-refractivity contribution in [2.24, 2.45) is 0 Å². The summed E-state index contributed by atoms with van der Waals surface area (Å²) in [5.41, 5.74) is 2.82. The van der Waals surface area contributed by atoms with E-state index in [4.69, 9.17) is 25.8 Å². The molecule has 1 aromatic heterocycles. The van der Waals surface area contributed by atoms with Gasteiger partial charge < -0.3 is 19.1 Å². The molecule has 1 saturated heterocycles. The first-order valence-electron chi connectivity index (χ1n) is 8.99. The molecule has 0 radical (unpaired) electrons. The molecule has 0 aliphatic carbocycles. The van der Waals surface area contributed by atoms with Crippen molar-refractivity contribution in [3.63, 3.8) is 0 Å². The molecule has 1 fully saturated rings. The second-order valence-electron chi connectivity index (χ2n) is 6.73. The standard InChI is InChI=1S/C20H21ClN2O4/c1-25-16-3-2-14-11-23(6-4-13(14)8-16)20(24)15-9-18(21)19(22-10-15)27-17-5-7-26-12-17/h2-3,8-10,17H,4-7,11-12H2,1H3/t17-/m0/s1. The van der Waals surface area contributed by atoms with Crippen LogP contribution in [-0.4, -0.2) is 48.8 Å². The molecule has 1 aromatic carbocycles. The fourth-order valence-electron chi connectivity index (χ4n) is 3.41. The Morgan fingerprint density at radius 1 is 1.33 bits per heavy atom. The predicted octanol–water partition coefficient (Wildman–Crippen LogP) is 3.11. The van der Waals surface area contributed by atoms with Crippen molar-refractivity contribution in [2.45, 2.75) is 25.5 Å². The number of rotatable bonds is 4. The van der Waals surface area contributed by atoms with Gasteiger partial charge in [0.1, 0.15) is 16.9 Å². The van der Waals surface area contributed by atoms with Crippen LogP contribution in [-0.2, 0) is 17.7 Å². The van der Waals surface area contributed by atoms with Crippen molar-refractivity contribution in [3.8, 4) is 11.6 Å². The Labute approximate surface area is 163 Å². The van der Waals surface area contributed by atoms with E-state index in [1.54, 1.807) is 13.2 Å². The van der Waals surface area contributed by atoms with Crippen LogP contribution >= 0.6 is 11.6 Å². The summed E-state index contributed by atoms with van der Waals surface area (Å²) in [5.74, 6) is 1.11. The van der Waals surface area contributed by atoms with E-state index in [0.717, 1.165) is 24.2 Å². The average Bonchev–Trinajstić information content (AvgIpc) is 3.21. The van der Waals surface area contributed by atoms with Gasteiger partial charge in [0.15, 0.2) is 0 Å². The first-order valence-corrected chi connectivity index (χ1v) is 9.37. The lowest BCUT2D eigenvalue weighted by Gasteiger charge is -2.29. The van der Waals surface area contributed by atoms with Gasteiger partial charge in [-0.15, -0.1) is 0 Å². The lowest BCUT2D eigenvalue weighted by Crippen LogP contribution is -2.36. The summed E-state index contributed by atoms with van der Waals surface area (Å²) >= 11 is 6.29. The fourth-order valence-corrected chi connectivity index (χ4v) is 3.62. The molecule has 1 atom stereocenters. The first kappa shape index (κ1) is 18.1. The van der Waals surface area contributed by atoms with Crippen LogP contribution in [0, 0.1) is 0 Å². The fraction of sp³-hybridized carbons (Fsp3) is 0.400. The number of benzene rings is 1. The van der Waals surface area contributed by atoms with E-state index in [0.29, 0.717) is 42.8 Å². The quantitative estimate of drug-likeness (QED) is 0.805. The van der Waals surface area contributed by atoms with Gasteiger partial charge in [-0.2, -0.15) is 0 Å². The van der Waals surface area contributed by atoms with Crippen LogP contribution in [0.3, 0.4) is 0 Å². The third-order valence-electron chi connectivity index (χ3n) is 4.93. The normalized spacial score (nSPS) is 18.9. The topological polar surface area (TPSA) is 60.9 Å². The largest absolute Gasteiger partial charge is 0.497 e. The van der Waals surface area contributed by atoms with Crippen LogP contribution in [0.2, 0.25) is 5.02 Å². The molecule has 0 unspecified atom stereocenters. The zero-order valence-corrected chi connectivity index (χ0v) is 15.9. The minimum Gasteiger partial charge on any atom is -0.497 e. The molecule has 0 bridgehead atoms. The molecule has 1 amide bonds. The Morgan fingerprint density at radius 2 is 2.22 bits per heavy atom. The van der Waals surface area contributed by atoms with E-state index in [1.807, 2.05) is 23.1 Å². The van der Waals surface area contributed by atoms with Crippen LogP contribution in [0.1, 0.15) is 27.9 Å². The number of fused-ring (bicyclic) bond motifs is 1. The van der Waals surface area contributed by atoms with E-state index >= 15 is 0 Å². The number of halogens is 1. The molecule has 2 aromatic rings. The van der Waals surface area contributed by atoms with Crippen molar-refractivity contribution >= 4 is 17.5 Å². The van der Waals surface area contributed by atoms with Gasteiger partial charge in [0, 0.05) is 25.7 Å². The highest BCUT2D eigenvalue weighted by molar-refractivity contribution is 6.32. The molecule has 2 aliphatic heterocycles. The number of carbonyl (C=O) groups excluding carboxylic acids is 1. The molecule has 6 nitrogen and oxygen atoms in total. The molecule has 0 spiro atoms. The molecule has 3 heterocycles. The Kier molecular flexibility index (Phi) is 5.18. The SMILES string of the molecule is COc1ccc2c(c1)CCN(C(=O)c1cnc(O[C@H]3CCOC3)c(Cl)c1)C2. The monoisotopic (exact) mass is 388 g/mol. The highest BCUT2D eigenvalue weighted by Crippen LogP contribution is 2.28. The summed E-state index contributed by atoms with van der Waals surface area (Å²) in [6.45, 7) is 2.43. The molecular weight excluding hydrogens is 368 g/mol. The van der Waals surface area contributed by atoms with Crippen LogP contribution in [0.5, 0.6) is 11.6 Å². The zero-order chi connectivity index (χ0) is 18.8. The number of ether oxygens (including phenoxy) is 3. The molecule has 27 heavy (non-hydrogen) atoms. The second-order valence-corrected chi connectivity index (χ2v) is 7.13. The highest BCUT2D eigenvalue weighted by atomic mass is 35.5. The summed E-state index contributed by atoms with van der Waals surface area (Å²) in [6, 6.07) is 7.60. The van der Waals surface area contributed by atoms with Crippen molar-refractivity contribution in [2.75, 3.05) is 26.9 Å². The lowest BCUT2D eigenvalue weighted by molar-refractivity contribution is 0.0734. The van der Waals surface area contributed by atoms with Gasteiger partial charge in [0.2, 0.25) is 5.88 Å². The molecule has 0 N–H and O–H groups in total. The Bertz CT molecular complexity index is 852. The van der Waals surface area contributed by atoms with Crippen LogP contribution < -0.4 is 9.47 Å². The Balaban J connectivity index is 1.46. The molecule has 142 valence electrons. The number of methoxy groups -OCH3 is 1. The van der Waals surface area contributed by atoms with E-state index in [2.05, 4.69) is 4.98 Å². The van der Waals surface area contributed by atoms with E-state index in [9.17, 15) is 4.79 Å². The van der Waals surface area contributed by atoms with Gasteiger partial charge in [-0.25, -0.2) is 4.98 Å². The van der Waals surface area contributed by atoms with Crippen LogP contribution in [0.15, 0.2) is 30.5 Å². The van der Waals surface area contributed by atoms with Crippen LogP contribution in [0.25, 0.3) is 0 Å². The van der Waals surface area contributed by atoms with Crippen molar-refractivity contribution < 1.29 is 19.0 Å². The second kappa shape index (κ2) is 7.74. The van der Waals surface area contributed by atoms with Gasteiger partial charge in [-0.05, 0) is 35.7 Å². The zero-order valence-electron chi connectivity index (χ0n) is 15.1. The number of aromatic nitrogens is 1. The van der Waals surface area contributed by atoms with Gasteiger partial charge in [0.05, 0.1) is 25.9 Å². The first-order chi connectivity index (χ1) is 13.1. The summed E-state index contributed by atoms with van der Waals surface area (Å²) in [4.78, 5) is 18.9. The number of hydrogen-bond acceptors (Lipinski definition) is 5. The molecule has 4 rings (SSSR count). The van der Waals surface area contributed by atoms with Crippen molar-refractivity contribution in [3.05, 3.63) is 52.2 Å². The van der Waals surface area contributed by atoms with Crippen LogP contribution in [0.4, 0.5) is 0 Å². The van der Waals surface area contributed by atoms with Crippen molar-refractivity contribution in [1.82, 2.24) is 9.88 Å². The minimum atomic E-state index is -0.0818. The Morgan fingerprint density at radius 3 is 2.96 bits per heavy atom. The predicted molar refractivity (Wildman–Crippen MR) is 101 cm³/mol. The number of carbonyl (C=O) groups is 1. The summed E-state index contributed by atoms with van der Waals surface area (Å²) < 4.78 is 16.3. The van der Waals surface area contributed by atoms with E-state index in [-0.39, 0.29) is 12.0 Å². The number of pyridine rings is 1. The Hall–Kier alpha value is -2.31. The third kappa shape index (κ3) is 3.87. The average molecular weight is 389 g/mol. The smallest absolute Gasteiger partial charge is 0.255 e. The molecular formula is C20H21ClN2O4. The number of nitrogens with zero attached hydrogens (tertiary/aromatic N) is 2. The maximum absolute atomic E-state index is 12.9. The molecule has 0 saturated carbocycles. The van der Waals surface area contributed by atoms with Gasteiger partial charge in [-0.1, -0.05) is 17.7 Å². The van der Waals surface area contributed by atoms with Gasteiger partial charge in [-0.3, -0.25) is 4.79 Å². The summed E-state index contributed by atoms with van der Waals surface area (Å²) in [6.07, 6.45) is 3.11. The number of amides is 1. The van der Waals surface area contributed by atoms with E-state index in [1.165, 1.54) is 11.8 Å². The third-order valence-corrected chi connectivity index (χ3v) is 5.20. The molecule has 7 heteroatoms. The van der Waals surface area contributed by atoms with Gasteiger partial charge >= 0.3 is 0 Å².